The molecular formula is C56H66Cl2F4N6O9S2Si2. The van der Waals surface area contributed by atoms with E-state index in [1.54, 1.807) is 30.5 Å². The lowest BCUT2D eigenvalue weighted by atomic mass is 10.0. The number of benzene rings is 4. The lowest BCUT2D eigenvalue weighted by molar-refractivity contribution is 0.0639. The fourth-order valence-corrected chi connectivity index (χ4v) is 24.1. The molecule has 4 aromatic carbocycles. The third kappa shape index (κ3) is 11.9. The molecule has 3 amide bonds. The summed E-state index contributed by atoms with van der Waals surface area (Å²) in [6.07, 6.45) is 5.02. The molecule has 0 unspecified atom stereocenters. The van der Waals surface area contributed by atoms with Crippen LogP contribution in [0, 0.1) is 23.3 Å². The van der Waals surface area contributed by atoms with E-state index >= 15 is 0 Å². The van der Waals surface area contributed by atoms with E-state index in [1.165, 1.54) is 11.1 Å². The molecule has 6 aromatic rings. The fraction of sp³-hybridized carbons (Fsp3) is 0.411. The number of aromatic nitrogens is 2. The van der Waals surface area contributed by atoms with Crippen molar-refractivity contribution in [2.45, 2.75) is 136 Å². The molecule has 2 aliphatic rings. The number of amides is 3. The molecule has 0 radical (unpaired) electrons. The molecule has 0 aliphatic carbocycles. The molecule has 8 rings (SSSR count). The van der Waals surface area contributed by atoms with E-state index in [0.717, 1.165) is 29.5 Å². The lowest BCUT2D eigenvalue weighted by Crippen LogP contribution is -2.51. The number of imide groups is 1. The van der Waals surface area contributed by atoms with Gasteiger partial charge in [-0.1, -0.05) is 106 Å². The highest BCUT2D eigenvalue weighted by molar-refractivity contribution is 7.92. The molecule has 0 atom stereocenters. The molecule has 2 aromatic heterocycles. The molecule has 0 saturated carbocycles. The highest BCUT2D eigenvalue weighted by Gasteiger charge is 2.52. The first-order chi connectivity index (χ1) is 37.6. The van der Waals surface area contributed by atoms with E-state index < -0.39 is 84.2 Å². The van der Waals surface area contributed by atoms with Crippen LogP contribution in [0.15, 0.2) is 60.9 Å². The lowest BCUT2D eigenvalue weighted by Gasteiger charge is -2.42. The zero-order chi connectivity index (χ0) is 60.3. The zero-order valence-electron chi connectivity index (χ0n) is 47.4. The van der Waals surface area contributed by atoms with Crippen molar-refractivity contribution < 1.29 is 57.6 Å². The molecule has 0 spiro atoms. The largest absolute Gasteiger partial charge is 0.541 e. The fourth-order valence-electron chi connectivity index (χ4n) is 12.1. The van der Waals surface area contributed by atoms with Crippen LogP contribution in [0.4, 0.5) is 28.9 Å². The van der Waals surface area contributed by atoms with Crippen LogP contribution in [0.3, 0.4) is 0 Å². The minimum atomic E-state index is -3.92. The molecule has 25 heteroatoms. The van der Waals surface area contributed by atoms with E-state index in [9.17, 15) is 48.8 Å². The highest BCUT2D eigenvalue weighted by atomic mass is 35.5. The van der Waals surface area contributed by atoms with Crippen LogP contribution in [0.2, 0.25) is 43.3 Å². The summed E-state index contributed by atoms with van der Waals surface area (Å²) in [5.41, 5.74) is 1.58. The second-order valence-corrected chi connectivity index (χ2v) is 37.5. The first-order valence-electron chi connectivity index (χ1n) is 26.2. The SMILES string of the molecule is CC(C)[Si](Oc1c2c(c(NS(C)(=O)=O)c3cccnc13)C(=O)N(Cc1cc(Cl)c(F)cc1F)C2=O)(C(C)C)C(C)C.CC(C)[Si](Oc1c2c(c(NS(C)(=O)=O)c3cccnc13)CN(Cc1cc(Cl)c(F)cc1F)C2=O)(C(C)C)C(C)C. The summed E-state index contributed by atoms with van der Waals surface area (Å²) in [5, 5.41) is 0.120. The summed E-state index contributed by atoms with van der Waals surface area (Å²) in [7, 11) is -13.0. The van der Waals surface area contributed by atoms with Gasteiger partial charge >= 0.3 is 0 Å². The smallest absolute Gasteiger partial charge is 0.265 e. The summed E-state index contributed by atoms with van der Waals surface area (Å²) in [4.78, 5) is 53.2. The maximum absolute atomic E-state index is 14.7. The molecule has 4 heterocycles. The van der Waals surface area contributed by atoms with Gasteiger partial charge in [-0.15, -0.1) is 0 Å². The summed E-state index contributed by atoms with van der Waals surface area (Å²) < 4.78 is 126. The van der Waals surface area contributed by atoms with Crippen LogP contribution < -0.4 is 18.3 Å². The van der Waals surface area contributed by atoms with Crippen molar-refractivity contribution in [1.82, 2.24) is 19.8 Å². The van der Waals surface area contributed by atoms with Crippen LogP contribution >= 0.6 is 23.2 Å². The Morgan fingerprint density at radius 3 is 1.36 bits per heavy atom. The molecule has 0 bridgehead atoms. The minimum absolute atomic E-state index is 0.0265. The Hall–Kier alpha value is -5.86. The van der Waals surface area contributed by atoms with Crippen molar-refractivity contribution in [1.29, 1.82) is 0 Å². The topological polar surface area (TPSA) is 194 Å². The van der Waals surface area contributed by atoms with E-state index in [1.807, 2.05) is 0 Å². The second-order valence-electron chi connectivity index (χ2n) is 22.5. The monoisotopic (exact) mass is 1230 g/mol. The number of carbonyl (C=O) groups is 3. The summed E-state index contributed by atoms with van der Waals surface area (Å²) in [6.45, 7) is 24.3. The number of carbonyl (C=O) groups excluding carboxylic acids is 3. The molecule has 15 nitrogen and oxygen atoms in total. The van der Waals surface area contributed by atoms with Gasteiger partial charge in [0.1, 0.15) is 45.8 Å². The number of rotatable bonds is 18. The minimum Gasteiger partial charge on any atom is -0.541 e. The first-order valence-corrected chi connectivity index (χ1v) is 35.0. The third-order valence-electron chi connectivity index (χ3n) is 15.3. The van der Waals surface area contributed by atoms with Gasteiger partial charge in [0, 0.05) is 65.1 Å². The molecule has 2 aliphatic heterocycles. The van der Waals surface area contributed by atoms with Gasteiger partial charge in [-0.05, 0) is 69.6 Å². The molecule has 2 N–H and O–H groups in total. The van der Waals surface area contributed by atoms with Gasteiger partial charge in [-0.3, -0.25) is 38.7 Å². The summed E-state index contributed by atoms with van der Waals surface area (Å²) in [6, 6.07) is 10.0. The second kappa shape index (κ2) is 23.4. The summed E-state index contributed by atoms with van der Waals surface area (Å²) >= 11 is 11.8. The maximum Gasteiger partial charge on any atom is 0.265 e. The highest BCUT2D eigenvalue weighted by Crippen LogP contribution is 2.52. The van der Waals surface area contributed by atoms with Crippen molar-refractivity contribution in [3.8, 4) is 11.5 Å². The quantitative estimate of drug-likeness (QED) is 0.0360. The van der Waals surface area contributed by atoms with Gasteiger partial charge in [-0.25, -0.2) is 34.4 Å². The van der Waals surface area contributed by atoms with Gasteiger partial charge in [0.2, 0.25) is 20.0 Å². The van der Waals surface area contributed by atoms with Crippen molar-refractivity contribution in [2.24, 2.45) is 0 Å². The number of anilines is 2. The molecule has 0 saturated heterocycles. The van der Waals surface area contributed by atoms with Gasteiger partial charge in [0.05, 0.1) is 57.2 Å². The van der Waals surface area contributed by atoms with Crippen molar-refractivity contribution >= 4 is 111 Å². The van der Waals surface area contributed by atoms with Gasteiger partial charge < -0.3 is 13.8 Å². The Bertz CT molecular complexity index is 3720. The zero-order valence-corrected chi connectivity index (χ0v) is 52.6. The van der Waals surface area contributed by atoms with Crippen molar-refractivity contribution in [2.75, 3.05) is 22.0 Å². The Morgan fingerprint density at radius 2 is 0.938 bits per heavy atom. The Kier molecular flexibility index (Phi) is 18.1. The maximum atomic E-state index is 14.7. The van der Waals surface area contributed by atoms with Crippen molar-refractivity contribution in [3.63, 3.8) is 0 Å². The third-order valence-corrected chi connectivity index (χ3v) is 29.0. The van der Waals surface area contributed by atoms with E-state index in [4.69, 9.17) is 32.1 Å². The number of halogens is 6. The average molecular weight is 1230 g/mol. The predicted octanol–water partition coefficient (Wildman–Crippen LogP) is 14.1. The van der Waals surface area contributed by atoms with E-state index in [-0.39, 0.29) is 112 Å². The molecule has 0 fully saturated rings. The number of nitrogens with zero attached hydrogens (tertiary/aromatic N) is 4. The number of sulfonamides is 2. The van der Waals surface area contributed by atoms with Gasteiger partial charge in [-0.2, -0.15) is 0 Å². The van der Waals surface area contributed by atoms with E-state index in [0.29, 0.717) is 34.3 Å². The van der Waals surface area contributed by atoms with Crippen LogP contribution in [0.25, 0.3) is 21.8 Å². The van der Waals surface area contributed by atoms with Crippen LogP contribution in [-0.2, 0) is 39.7 Å². The average Bonchev–Trinajstić information content (AvgIpc) is 3.76. The summed E-state index contributed by atoms with van der Waals surface area (Å²) in [5.74, 6) is -5.45. The Labute approximate surface area is 482 Å². The predicted molar refractivity (Wildman–Crippen MR) is 314 cm³/mol. The molecule has 81 heavy (non-hydrogen) atoms. The Balaban J connectivity index is 0.000000234. The number of hydrogen-bond acceptors (Lipinski definition) is 11. The molecule has 436 valence electrons. The molecular weight excluding hydrogens is 1170 g/mol. The Morgan fingerprint density at radius 1 is 0.556 bits per heavy atom. The first kappa shape index (κ1) is 62.7. The van der Waals surface area contributed by atoms with E-state index in [2.05, 4.69) is 102 Å². The van der Waals surface area contributed by atoms with Crippen LogP contribution in [0.1, 0.15) is 131 Å². The number of hydrogen-bond donors (Lipinski definition) is 2. The van der Waals surface area contributed by atoms with Crippen LogP contribution in [0.5, 0.6) is 11.5 Å². The number of nitrogens with one attached hydrogen (secondary N) is 2. The normalized spacial score (nSPS) is 14.1. The number of fused-ring (bicyclic) bond motifs is 4. The number of pyridine rings is 2. The van der Waals surface area contributed by atoms with Crippen LogP contribution in [-0.4, -0.2) is 83.5 Å². The standard InChI is InChI=1S/C28H32ClF2N3O5SSi.C28H34ClF2N3O4SSi/c1-14(2)41(15(3)4,16(5)6)39-26-23-22(24(33-40(7,37)38)18-9-8-10-32-25(18)26)27(35)34(28(23)36)13-17-11-19(29)21(31)12-20(17)30;1-15(2)40(16(3)4,17(5)6)38-27-24-20(25(33-39(7,36)37)19-9-8-10-32-26(19)27)14-34(28(24)35)13-18-11-21(29)23(31)12-22(18)30/h8-12,14-16,33H,13H2,1-7H3;8-12,15-17,33H,13-14H2,1-7H3. The van der Waals surface area contributed by atoms with Gasteiger partial charge in [0.15, 0.2) is 0 Å². The van der Waals surface area contributed by atoms with Gasteiger partial charge in [0.25, 0.3) is 34.4 Å². The van der Waals surface area contributed by atoms with Crippen molar-refractivity contribution in [3.05, 3.63) is 128 Å².